The van der Waals surface area contributed by atoms with Gasteiger partial charge >= 0.3 is 0 Å². The van der Waals surface area contributed by atoms with Gasteiger partial charge in [-0.2, -0.15) is 0 Å². The molecular formula is C15H11BrCl2N4O3S. The van der Waals surface area contributed by atoms with E-state index in [1.54, 1.807) is 5.38 Å². The van der Waals surface area contributed by atoms with Gasteiger partial charge < -0.3 is 20.5 Å². The largest absolute Gasteiger partial charge is 0.494 e. The predicted octanol–water partition coefficient (Wildman–Crippen LogP) is 4.61. The monoisotopic (exact) mass is 476 g/mol. The Morgan fingerprint density at radius 3 is 2.42 bits per heavy atom. The minimum Gasteiger partial charge on any atom is -0.494 e. The number of nitrogen functional groups attached to an aromatic ring is 1. The minimum atomic E-state index is -0.454. The minimum absolute atomic E-state index is 0.132. The Kier molecular flexibility index (Phi) is 5.42. The number of ether oxygens (including phenoxy) is 2. The first-order chi connectivity index (χ1) is 12.4. The van der Waals surface area contributed by atoms with Crippen LogP contribution in [0.1, 0.15) is 10.4 Å². The summed E-state index contributed by atoms with van der Waals surface area (Å²) in [7, 11) is 2.88. The van der Waals surface area contributed by atoms with Gasteiger partial charge in [0.05, 0.1) is 35.7 Å². The number of nitrogens with zero attached hydrogens (tertiary/aromatic N) is 2. The average molecular weight is 478 g/mol. The first kappa shape index (κ1) is 19.0. The van der Waals surface area contributed by atoms with Crippen LogP contribution in [0.4, 0.5) is 11.5 Å². The molecular weight excluding hydrogens is 467 g/mol. The molecule has 2 heterocycles. The Balaban J connectivity index is 2.08. The van der Waals surface area contributed by atoms with Crippen molar-refractivity contribution in [3.63, 3.8) is 0 Å². The number of rotatable bonds is 4. The molecule has 0 bridgehead atoms. The maximum absolute atomic E-state index is 12.8. The van der Waals surface area contributed by atoms with E-state index in [4.69, 9.17) is 38.4 Å². The molecule has 3 rings (SSSR count). The van der Waals surface area contributed by atoms with Crippen LogP contribution in [0.3, 0.4) is 0 Å². The SMILES string of the molecule is COc1c(Cl)c(NC(=O)c2csc3c(N)ncnc23)c(Cl)c(OC)c1Br. The van der Waals surface area contributed by atoms with E-state index < -0.39 is 5.91 Å². The zero-order valence-corrected chi connectivity index (χ0v) is 17.3. The van der Waals surface area contributed by atoms with E-state index in [9.17, 15) is 4.79 Å². The molecule has 26 heavy (non-hydrogen) atoms. The highest BCUT2D eigenvalue weighted by atomic mass is 79.9. The van der Waals surface area contributed by atoms with Crippen molar-refractivity contribution >= 4 is 78.1 Å². The molecule has 0 radical (unpaired) electrons. The number of amides is 1. The van der Waals surface area contributed by atoms with Crippen LogP contribution in [0.15, 0.2) is 16.2 Å². The fourth-order valence-corrected chi connectivity index (χ4v) is 4.82. The van der Waals surface area contributed by atoms with Crippen LogP contribution in [-0.4, -0.2) is 30.1 Å². The lowest BCUT2D eigenvalue weighted by Gasteiger charge is -2.17. The molecule has 1 aromatic carbocycles. The summed E-state index contributed by atoms with van der Waals surface area (Å²) in [6.07, 6.45) is 1.30. The molecule has 0 atom stereocenters. The molecule has 3 aromatic rings. The predicted molar refractivity (Wildman–Crippen MR) is 107 cm³/mol. The van der Waals surface area contributed by atoms with E-state index in [-0.39, 0.29) is 27.2 Å². The molecule has 0 spiro atoms. The van der Waals surface area contributed by atoms with Crippen LogP contribution >= 0.6 is 50.5 Å². The summed E-state index contributed by atoms with van der Waals surface area (Å²) < 4.78 is 11.6. The van der Waals surface area contributed by atoms with Crippen LogP contribution in [-0.2, 0) is 0 Å². The van der Waals surface area contributed by atoms with Gasteiger partial charge in [-0.1, -0.05) is 23.2 Å². The second-order valence-corrected chi connectivity index (χ2v) is 7.35. The number of hydrogen-bond donors (Lipinski definition) is 2. The summed E-state index contributed by atoms with van der Waals surface area (Å²) >= 11 is 17.3. The highest BCUT2D eigenvalue weighted by molar-refractivity contribution is 9.10. The Bertz CT molecular complexity index is 997. The molecule has 0 saturated heterocycles. The second-order valence-electron chi connectivity index (χ2n) is 4.92. The van der Waals surface area contributed by atoms with E-state index >= 15 is 0 Å². The lowest BCUT2D eigenvalue weighted by Crippen LogP contribution is -2.13. The van der Waals surface area contributed by atoms with Crippen LogP contribution in [0.25, 0.3) is 10.2 Å². The summed E-state index contributed by atoms with van der Waals surface area (Å²) in [5.74, 6) is 0.418. The van der Waals surface area contributed by atoms with Crippen LogP contribution in [0.2, 0.25) is 10.0 Å². The van der Waals surface area contributed by atoms with E-state index in [1.165, 1.54) is 31.9 Å². The van der Waals surface area contributed by atoms with Crippen molar-refractivity contribution in [1.29, 1.82) is 0 Å². The van der Waals surface area contributed by atoms with Gasteiger partial charge in [-0.05, 0) is 15.9 Å². The van der Waals surface area contributed by atoms with Crippen LogP contribution in [0, 0.1) is 0 Å². The molecule has 7 nitrogen and oxygen atoms in total. The van der Waals surface area contributed by atoms with Crippen molar-refractivity contribution < 1.29 is 14.3 Å². The molecule has 0 aliphatic heterocycles. The number of methoxy groups -OCH3 is 2. The fraction of sp³-hybridized carbons (Fsp3) is 0.133. The van der Waals surface area contributed by atoms with Crippen molar-refractivity contribution in [2.24, 2.45) is 0 Å². The third-order valence-electron chi connectivity index (χ3n) is 3.51. The normalized spacial score (nSPS) is 10.8. The number of aromatic nitrogens is 2. The van der Waals surface area contributed by atoms with Crippen LogP contribution < -0.4 is 20.5 Å². The Hall–Kier alpha value is -1.81. The third kappa shape index (κ3) is 3.05. The van der Waals surface area contributed by atoms with Gasteiger partial charge in [-0.3, -0.25) is 4.79 Å². The molecule has 2 aromatic heterocycles. The van der Waals surface area contributed by atoms with Gasteiger partial charge in [-0.25, -0.2) is 9.97 Å². The van der Waals surface area contributed by atoms with E-state index in [2.05, 4.69) is 31.2 Å². The summed E-state index contributed by atoms with van der Waals surface area (Å²) in [5.41, 5.74) is 6.75. The first-order valence-electron chi connectivity index (χ1n) is 6.98. The summed E-state index contributed by atoms with van der Waals surface area (Å²) in [5, 5.41) is 4.59. The summed E-state index contributed by atoms with van der Waals surface area (Å²) in [4.78, 5) is 20.8. The number of nitrogens with two attached hydrogens (primary N) is 1. The number of fused-ring (bicyclic) bond motifs is 1. The van der Waals surface area contributed by atoms with E-state index in [0.717, 1.165) is 0 Å². The number of carbonyl (C=O) groups excluding carboxylic acids is 1. The molecule has 11 heteroatoms. The molecule has 0 aliphatic carbocycles. The molecule has 3 N–H and O–H groups in total. The third-order valence-corrected chi connectivity index (χ3v) is 5.94. The standard InChI is InChI=1S/C15H11BrCl2N4O3S/c1-24-11-6(16)12(25-2)8(18)10(7(11)17)22-15(23)5-3-26-13-9(5)20-4-21-14(13)19/h3-4H,1-2H3,(H,22,23)(H2,19,20,21). The molecule has 0 aliphatic rings. The second kappa shape index (κ2) is 7.43. The Morgan fingerprint density at radius 2 is 1.85 bits per heavy atom. The number of thiophene rings is 1. The van der Waals surface area contributed by atoms with Crippen molar-refractivity contribution in [3.05, 3.63) is 31.8 Å². The van der Waals surface area contributed by atoms with Gasteiger partial charge in [-0.15, -0.1) is 11.3 Å². The quantitative estimate of drug-likeness (QED) is 0.569. The van der Waals surface area contributed by atoms with Gasteiger partial charge in [0.1, 0.15) is 26.7 Å². The maximum Gasteiger partial charge on any atom is 0.258 e. The maximum atomic E-state index is 12.8. The van der Waals surface area contributed by atoms with Crippen molar-refractivity contribution in [2.45, 2.75) is 0 Å². The van der Waals surface area contributed by atoms with E-state index in [0.29, 0.717) is 26.1 Å². The highest BCUT2D eigenvalue weighted by Crippen LogP contribution is 2.50. The number of halogens is 3. The average Bonchev–Trinajstić information content (AvgIpc) is 3.05. The fourth-order valence-electron chi connectivity index (χ4n) is 2.30. The van der Waals surface area contributed by atoms with Gasteiger partial charge in [0.25, 0.3) is 5.91 Å². The number of hydrogen-bond acceptors (Lipinski definition) is 7. The summed E-state index contributed by atoms with van der Waals surface area (Å²) in [6.45, 7) is 0. The van der Waals surface area contributed by atoms with E-state index in [1.807, 2.05) is 0 Å². The highest BCUT2D eigenvalue weighted by Gasteiger charge is 2.25. The van der Waals surface area contributed by atoms with Crippen molar-refractivity contribution in [3.8, 4) is 11.5 Å². The van der Waals surface area contributed by atoms with Crippen molar-refractivity contribution in [2.75, 3.05) is 25.3 Å². The van der Waals surface area contributed by atoms with Crippen molar-refractivity contribution in [1.82, 2.24) is 9.97 Å². The number of anilines is 2. The Labute approximate surface area is 170 Å². The molecule has 0 fully saturated rings. The molecule has 0 saturated carbocycles. The zero-order chi connectivity index (χ0) is 19.0. The topological polar surface area (TPSA) is 99.4 Å². The summed E-state index contributed by atoms with van der Waals surface area (Å²) in [6, 6.07) is 0. The van der Waals surface area contributed by atoms with Gasteiger partial charge in [0.15, 0.2) is 11.5 Å². The number of carbonyl (C=O) groups is 1. The number of nitrogens with one attached hydrogen (secondary N) is 1. The molecule has 136 valence electrons. The van der Waals surface area contributed by atoms with Gasteiger partial charge in [0, 0.05) is 5.38 Å². The zero-order valence-electron chi connectivity index (χ0n) is 13.4. The van der Waals surface area contributed by atoms with Gasteiger partial charge in [0.2, 0.25) is 0 Å². The Morgan fingerprint density at radius 1 is 1.23 bits per heavy atom. The lowest BCUT2D eigenvalue weighted by molar-refractivity contribution is 0.102. The first-order valence-corrected chi connectivity index (χ1v) is 9.41. The lowest BCUT2D eigenvalue weighted by atomic mass is 10.2. The van der Waals surface area contributed by atoms with Crippen LogP contribution in [0.5, 0.6) is 11.5 Å². The smallest absolute Gasteiger partial charge is 0.258 e. The molecule has 0 unspecified atom stereocenters. The number of benzene rings is 1. The molecule has 1 amide bonds.